The summed E-state index contributed by atoms with van der Waals surface area (Å²) >= 11 is 1.85. The summed E-state index contributed by atoms with van der Waals surface area (Å²) in [5, 5.41) is 9.46. The number of thioether (sulfide) groups is 1. The Labute approximate surface area is 87.1 Å². The van der Waals surface area contributed by atoms with Gasteiger partial charge < -0.3 is 14.8 Å². The van der Waals surface area contributed by atoms with Gasteiger partial charge in [0.25, 0.3) is 0 Å². The third kappa shape index (κ3) is 1.88. The monoisotopic (exact) mass is 214 g/mol. The van der Waals surface area contributed by atoms with E-state index in [0.717, 1.165) is 36.1 Å². The number of rotatable bonds is 2. The van der Waals surface area contributed by atoms with Gasteiger partial charge in [0.1, 0.15) is 11.9 Å². The van der Waals surface area contributed by atoms with Gasteiger partial charge in [0.2, 0.25) is 5.88 Å². The Morgan fingerprint density at radius 3 is 3.14 bits per heavy atom. The van der Waals surface area contributed by atoms with Crippen LogP contribution in [0.5, 0.6) is 5.88 Å². The first kappa shape index (κ1) is 9.86. The molecule has 0 amide bonds. The van der Waals surface area contributed by atoms with Crippen molar-refractivity contribution in [3.05, 3.63) is 11.5 Å². The highest BCUT2D eigenvalue weighted by Gasteiger charge is 2.21. The molecule has 0 aliphatic carbocycles. The fourth-order valence-corrected chi connectivity index (χ4v) is 2.31. The maximum absolute atomic E-state index is 9.46. The number of hydrogen-bond donors (Lipinski definition) is 2. The third-order valence-electron chi connectivity index (χ3n) is 2.25. The van der Waals surface area contributed by atoms with Gasteiger partial charge in [-0.15, -0.1) is 0 Å². The van der Waals surface area contributed by atoms with Gasteiger partial charge in [-0.2, -0.15) is 16.7 Å². The van der Waals surface area contributed by atoms with Gasteiger partial charge in [0.15, 0.2) is 0 Å². The SMILES string of the molecule is CCc1[nH]c(C2CSCCO2)nc1O. The highest BCUT2D eigenvalue weighted by atomic mass is 32.2. The molecule has 1 aliphatic rings. The van der Waals surface area contributed by atoms with Crippen molar-refractivity contribution in [1.29, 1.82) is 0 Å². The Morgan fingerprint density at radius 1 is 1.71 bits per heavy atom. The van der Waals surface area contributed by atoms with E-state index >= 15 is 0 Å². The van der Waals surface area contributed by atoms with Gasteiger partial charge in [-0.05, 0) is 6.42 Å². The van der Waals surface area contributed by atoms with Crippen LogP contribution in [0.3, 0.4) is 0 Å². The number of nitrogens with one attached hydrogen (secondary N) is 1. The summed E-state index contributed by atoms with van der Waals surface area (Å²) in [6.45, 7) is 2.74. The fraction of sp³-hybridized carbons (Fsp3) is 0.667. The Bertz CT molecular complexity index is 308. The van der Waals surface area contributed by atoms with Crippen LogP contribution in [-0.2, 0) is 11.2 Å². The molecule has 1 saturated heterocycles. The van der Waals surface area contributed by atoms with Crippen LogP contribution in [-0.4, -0.2) is 33.2 Å². The number of aromatic nitrogens is 2. The number of H-pyrrole nitrogens is 1. The molecule has 0 aromatic carbocycles. The first-order valence-corrected chi connectivity index (χ1v) is 5.93. The van der Waals surface area contributed by atoms with Crippen molar-refractivity contribution in [3.8, 4) is 5.88 Å². The molecule has 1 unspecified atom stereocenters. The van der Waals surface area contributed by atoms with E-state index in [1.54, 1.807) is 0 Å². The average molecular weight is 214 g/mol. The quantitative estimate of drug-likeness (QED) is 0.783. The molecule has 2 rings (SSSR count). The van der Waals surface area contributed by atoms with Crippen LogP contribution in [0, 0.1) is 0 Å². The topological polar surface area (TPSA) is 58.1 Å². The van der Waals surface area contributed by atoms with Crippen molar-refractivity contribution in [2.45, 2.75) is 19.4 Å². The van der Waals surface area contributed by atoms with Gasteiger partial charge in [0.05, 0.1) is 12.3 Å². The summed E-state index contributed by atoms with van der Waals surface area (Å²) in [6, 6.07) is 0. The summed E-state index contributed by atoms with van der Waals surface area (Å²) in [5.41, 5.74) is 0.791. The number of hydrogen-bond acceptors (Lipinski definition) is 4. The molecular formula is C9H14N2O2S. The Hall–Kier alpha value is -0.680. The van der Waals surface area contributed by atoms with Gasteiger partial charge >= 0.3 is 0 Å². The van der Waals surface area contributed by atoms with E-state index in [9.17, 15) is 5.11 Å². The van der Waals surface area contributed by atoms with E-state index in [-0.39, 0.29) is 12.0 Å². The Morgan fingerprint density at radius 2 is 2.57 bits per heavy atom. The molecule has 1 aromatic heterocycles. The van der Waals surface area contributed by atoms with Crippen molar-refractivity contribution in [2.24, 2.45) is 0 Å². The number of nitrogens with zero attached hydrogens (tertiary/aromatic N) is 1. The standard InChI is InChI=1S/C9H14N2O2S/c1-2-6-9(12)11-8(10-6)7-5-14-4-3-13-7/h7,12H,2-5H2,1H3,(H,10,11). The molecule has 4 nitrogen and oxygen atoms in total. The van der Waals surface area contributed by atoms with Crippen molar-refractivity contribution in [1.82, 2.24) is 9.97 Å². The molecule has 0 radical (unpaired) electrons. The van der Waals surface area contributed by atoms with Crippen molar-refractivity contribution >= 4 is 11.8 Å². The van der Waals surface area contributed by atoms with Crippen LogP contribution in [0.2, 0.25) is 0 Å². The van der Waals surface area contributed by atoms with E-state index in [1.807, 2.05) is 18.7 Å². The normalized spacial score (nSPS) is 22.5. The van der Waals surface area contributed by atoms with Gasteiger partial charge in [-0.3, -0.25) is 0 Å². The second-order valence-corrected chi connectivity index (χ2v) is 4.36. The van der Waals surface area contributed by atoms with Crippen LogP contribution in [0.15, 0.2) is 0 Å². The lowest BCUT2D eigenvalue weighted by atomic mass is 10.3. The second kappa shape index (κ2) is 4.23. The number of aryl methyl sites for hydroxylation is 1. The molecular weight excluding hydrogens is 200 g/mol. The Kier molecular flexibility index (Phi) is 2.98. The second-order valence-electron chi connectivity index (χ2n) is 3.21. The highest BCUT2D eigenvalue weighted by molar-refractivity contribution is 7.99. The molecule has 0 spiro atoms. The minimum absolute atomic E-state index is 0.0138. The van der Waals surface area contributed by atoms with E-state index in [1.165, 1.54) is 0 Å². The maximum Gasteiger partial charge on any atom is 0.232 e. The predicted octanol–water partition coefficient (Wildman–Crippen LogP) is 1.48. The first-order valence-electron chi connectivity index (χ1n) is 4.78. The van der Waals surface area contributed by atoms with Crippen molar-refractivity contribution in [2.75, 3.05) is 18.1 Å². The molecule has 2 heterocycles. The molecule has 0 saturated carbocycles. The fourth-order valence-electron chi connectivity index (χ4n) is 1.46. The van der Waals surface area contributed by atoms with E-state index in [0.29, 0.717) is 0 Å². The molecule has 1 aliphatic heterocycles. The molecule has 1 atom stereocenters. The van der Waals surface area contributed by atoms with Gasteiger partial charge in [-0.25, -0.2) is 0 Å². The zero-order valence-electron chi connectivity index (χ0n) is 8.12. The molecule has 1 fully saturated rings. The van der Waals surface area contributed by atoms with E-state index in [2.05, 4.69) is 9.97 Å². The molecule has 0 bridgehead atoms. The van der Waals surface area contributed by atoms with Crippen LogP contribution >= 0.6 is 11.8 Å². The number of aromatic hydroxyl groups is 1. The zero-order valence-corrected chi connectivity index (χ0v) is 8.93. The summed E-state index contributed by atoms with van der Waals surface area (Å²) in [7, 11) is 0. The number of imidazole rings is 1. The van der Waals surface area contributed by atoms with E-state index in [4.69, 9.17) is 4.74 Å². The lowest BCUT2D eigenvalue weighted by Crippen LogP contribution is -2.16. The molecule has 5 heteroatoms. The lowest BCUT2D eigenvalue weighted by Gasteiger charge is -2.19. The third-order valence-corrected chi connectivity index (χ3v) is 3.24. The minimum Gasteiger partial charge on any atom is -0.492 e. The summed E-state index contributed by atoms with van der Waals surface area (Å²) in [6.07, 6.45) is 0.776. The van der Waals surface area contributed by atoms with Crippen molar-refractivity contribution < 1.29 is 9.84 Å². The van der Waals surface area contributed by atoms with Gasteiger partial charge in [-0.1, -0.05) is 6.92 Å². The van der Waals surface area contributed by atoms with Crippen LogP contribution < -0.4 is 0 Å². The van der Waals surface area contributed by atoms with E-state index < -0.39 is 0 Å². The largest absolute Gasteiger partial charge is 0.492 e. The summed E-state index contributed by atoms with van der Waals surface area (Å²) in [5.74, 6) is 2.83. The number of ether oxygens (including phenoxy) is 1. The number of aromatic amines is 1. The molecule has 2 N–H and O–H groups in total. The minimum atomic E-state index is 0.0138. The zero-order chi connectivity index (χ0) is 9.97. The molecule has 78 valence electrons. The van der Waals surface area contributed by atoms with Crippen LogP contribution in [0.4, 0.5) is 0 Å². The van der Waals surface area contributed by atoms with Crippen molar-refractivity contribution in [3.63, 3.8) is 0 Å². The summed E-state index contributed by atoms with van der Waals surface area (Å²) < 4.78 is 5.55. The molecule has 14 heavy (non-hydrogen) atoms. The Balaban J connectivity index is 2.14. The van der Waals surface area contributed by atoms with Crippen LogP contribution in [0.1, 0.15) is 24.5 Å². The maximum atomic E-state index is 9.46. The lowest BCUT2D eigenvalue weighted by molar-refractivity contribution is 0.0698. The summed E-state index contributed by atoms with van der Waals surface area (Å²) in [4.78, 5) is 7.17. The predicted molar refractivity (Wildman–Crippen MR) is 55.6 cm³/mol. The van der Waals surface area contributed by atoms with Gasteiger partial charge in [0, 0.05) is 11.5 Å². The molecule has 1 aromatic rings. The first-order chi connectivity index (χ1) is 6.81. The smallest absolute Gasteiger partial charge is 0.232 e. The highest BCUT2D eigenvalue weighted by Crippen LogP contribution is 2.27. The van der Waals surface area contributed by atoms with Crippen LogP contribution in [0.25, 0.3) is 0 Å². The average Bonchev–Trinajstić information content (AvgIpc) is 2.61.